The van der Waals surface area contributed by atoms with Crippen molar-refractivity contribution in [3.05, 3.63) is 89.5 Å². The van der Waals surface area contributed by atoms with Gasteiger partial charge in [-0.1, -0.05) is 54.6 Å². The van der Waals surface area contributed by atoms with E-state index in [0.29, 0.717) is 18.5 Å². The molecule has 1 aliphatic carbocycles. The lowest BCUT2D eigenvalue weighted by atomic mass is 9.97. The highest BCUT2D eigenvalue weighted by Crippen LogP contribution is 2.44. The Morgan fingerprint density at radius 1 is 0.884 bits per heavy atom. The Bertz CT molecular complexity index is 1430. The van der Waals surface area contributed by atoms with Gasteiger partial charge in [0.25, 0.3) is 0 Å². The van der Waals surface area contributed by atoms with Crippen LogP contribution >= 0.6 is 0 Å². The standard InChI is InChI=1S/C34H38N2O7/c1-34(2,3)43-33(40)35-18-10-12-22(31(38)36-24-13-9-11-23(19-24)32(39)41-4)20-30(37)42-21-29-27-16-7-5-14-25(27)26-15-6-8-17-28(26)29/h5-9,11,13-17,19,22,29H,10,12,18,20-21H2,1-4H3,(H,35,40)(H,36,38). The molecule has 4 rings (SSSR count). The first-order valence-corrected chi connectivity index (χ1v) is 14.4. The van der Waals surface area contributed by atoms with Gasteiger partial charge in [0.1, 0.15) is 12.2 Å². The van der Waals surface area contributed by atoms with Crippen LogP contribution in [0.5, 0.6) is 0 Å². The van der Waals surface area contributed by atoms with Crippen LogP contribution in [0, 0.1) is 5.92 Å². The number of amides is 2. The molecule has 3 aromatic carbocycles. The molecule has 0 spiro atoms. The molecule has 43 heavy (non-hydrogen) atoms. The fraction of sp³-hybridized carbons (Fsp3) is 0.353. The summed E-state index contributed by atoms with van der Waals surface area (Å²) >= 11 is 0. The third-order valence-corrected chi connectivity index (χ3v) is 7.11. The Kier molecular flexibility index (Phi) is 10.2. The predicted octanol–water partition coefficient (Wildman–Crippen LogP) is 6.08. The van der Waals surface area contributed by atoms with Crippen molar-refractivity contribution in [3.8, 4) is 11.1 Å². The first kappa shape index (κ1) is 31.3. The predicted molar refractivity (Wildman–Crippen MR) is 163 cm³/mol. The van der Waals surface area contributed by atoms with Gasteiger partial charge in [-0.05, 0) is 74.1 Å². The van der Waals surface area contributed by atoms with Crippen LogP contribution in [-0.4, -0.2) is 49.8 Å². The topological polar surface area (TPSA) is 120 Å². The maximum atomic E-state index is 13.4. The van der Waals surface area contributed by atoms with Crippen LogP contribution in [-0.2, 0) is 23.8 Å². The molecular weight excluding hydrogens is 548 g/mol. The van der Waals surface area contributed by atoms with Gasteiger partial charge >= 0.3 is 18.0 Å². The number of anilines is 1. The SMILES string of the molecule is COC(=O)c1cccc(NC(=O)C(CCCNC(=O)OC(C)(C)C)CC(=O)OCC2c3ccccc3-c3ccccc32)c1. The summed E-state index contributed by atoms with van der Waals surface area (Å²) in [4.78, 5) is 50.4. The van der Waals surface area contributed by atoms with E-state index in [1.54, 1.807) is 39.0 Å². The zero-order valence-electron chi connectivity index (χ0n) is 25.0. The lowest BCUT2D eigenvalue weighted by Crippen LogP contribution is -2.33. The fourth-order valence-electron chi connectivity index (χ4n) is 5.14. The average Bonchev–Trinajstić information content (AvgIpc) is 3.30. The zero-order chi connectivity index (χ0) is 31.0. The summed E-state index contributed by atoms with van der Waals surface area (Å²) in [6.07, 6.45) is 0.0357. The Morgan fingerprint density at radius 2 is 1.53 bits per heavy atom. The molecule has 1 unspecified atom stereocenters. The quantitative estimate of drug-likeness (QED) is 0.159. The highest BCUT2D eigenvalue weighted by atomic mass is 16.6. The average molecular weight is 587 g/mol. The summed E-state index contributed by atoms with van der Waals surface area (Å²) in [5.74, 6) is -2.25. The minimum Gasteiger partial charge on any atom is -0.465 e. The van der Waals surface area contributed by atoms with Crippen LogP contribution in [0.4, 0.5) is 10.5 Å². The molecule has 0 saturated carbocycles. The van der Waals surface area contributed by atoms with E-state index in [9.17, 15) is 19.2 Å². The minimum absolute atomic E-state index is 0.0947. The van der Waals surface area contributed by atoms with Gasteiger partial charge < -0.3 is 24.8 Å². The second-order valence-electron chi connectivity index (χ2n) is 11.4. The number of fused-ring (bicyclic) bond motifs is 3. The number of carbonyl (C=O) groups excluding carboxylic acids is 4. The third kappa shape index (κ3) is 8.44. The summed E-state index contributed by atoms with van der Waals surface area (Å²) in [6.45, 7) is 5.74. The van der Waals surface area contributed by atoms with E-state index in [1.807, 2.05) is 36.4 Å². The van der Waals surface area contributed by atoms with E-state index >= 15 is 0 Å². The summed E-state index contributed by atoms with van der Waals surface area (Å²) < 4.78 is 15.8. The largest absolute Gasteiger partial charge is 0.465 e. The van der Waals surface area contributed by atoms with Crippen LogP contribution < -0.4 is 10.6 Å². The molecule has 2 amide bonds. The number of hydrogen-bond acceptors (Lipinski definition) is 7. The molecule has 9 nitrogen and oxygen atoms in total. The molecule has 1 aliphatic rings. The Labute approximate surface area is 251 Å². The van der Waals surface area contributed by atoms with Gasteiger partial charge in [0.15, 0.2) is 0 Å². The number of hydrogen-bond donors (Lipinski definition) is 2. The van der Waals surface area contributed by atoms with E-state index in [1.165, 1.54) is 13.2 Å². The van der Waals surface area contributed by atoms with Crippen LogP contribution in [0.25, 0.3) is 11.1 Å². The van der Waals surface area contributed by atoms with Gasteiger partial charge in [-0.25, -0.2) is 9.59 Å². The molecule has 0 fully saturated rings. The maximum Gasteiger partial charge on any atom is 0.407 e. The van der Waals surface area contributed by atoms with Gasteiger partial charge in [0, 0.05) is 24.1 Å². The molecule has 0 radical (unpaired) electrons. The number of benzene rings is 3. The van der Waals surface area contributed by atoms with E-state index < -0.39 is 35.5 Å². The van der Waals surface area contributed by atoms with E-state index in [0.717, 1.165) is 22.3 Å². The lowest BCUT2D eigenvalue weighted by Gasteiger charge is -2.20. The second kappa shape index (κ2) is 14.0. The number of alkyl carbamates (subject to hydrolysis) is 1. The van der Waals surface area contributed by atoms with Crippen molar-refractivity contribution in [2.24, 2.45) is 5.92 Å². The fourth-order valence-corrected chi connectivity index (χ4v) is 5.14. The molecule has 0 saturated heterocycles. The number of rotatable bonds is 11. The normalized spacial score (nSPS) is 12.8. The van der Waals surface area contributed by atoms with Gasteiger partial charge in [-0.15, -0.1) is 0 Å². The molecule has 0 aliphatic heterocycles. The number of ether oxygens (including phenoxy) is 3. The van der Waals surface area contributed by atoms with Crippen molar-refractivity contribution in [2.75, 3.05) is 25.6 Å². The van der Waals surface area contributed by atoms with Crippen molar-refractivity contribution in [1.29, 1.82) is 0 Å². The Balaban J connectivity index is 1.41. The molecule has 1 atom stereocenters. The number of methoxy groups -OCH3 is 1. The number of carbonyl (C=O) groups is 4. The molecular formula is C34H38N2O7. The molecule has 226 valence electrons. The third-order valence-electron chi connectivity index (χ3n) is 7.11. The number of esters is 2. The first-order valence-electron chi connectivity index (χ1n) is 14.4. The van der Waals surface area contributed by atoms with Crippen molar-refractivity contribution >= 4 is 29.6 Å². The molecule has 9 heteroatoms. The second-order valence-corrected chi connectivity index (χ2v) is 11.4. The summed E-state index contributed by atoms with van der Waals surface area (Å²) in [5, 5.41) is 5.49. The summed E-state index contributed by atoms with van der Waals surface area (Å²) in [7, 11) is 1.28. The zero-order valence-corrected chi connectivity index (χ0v) is 25.0. The van der Waals surface area contributed by atoms with Crippen molar-refractivity contribution in [2.45, 2.75) is 51.6 Å². The Hall–Kier alpha value is -4.66. The van der Waals surface area contributed by atoms with Gasteiger partial charge in [-0.2, -0.15) is 0 Å². The Morgan fingerprint density at radius 3 is 2.16 bits per heavy atom. The molecule has 0 heterocycles. The highest BCUT2D eigenvalue weighted by Gasteiger charge is 2.30. The van der Waals surface area contributed by atoms with Crippen LogP contribution in [0.2, 0.25) is 0 Å². The lowest BCUT2D eigenvalue weighted by molar-refractivity contribution is -0.146. The van der Waals surface area contributed by atoms with Gasteiger partial charge in [0.05, 0.1) is 19.1 Å². The van der Waals surface area contributed by atoms with Crippen molar-refractivity contribution in [3.63, 3.8) is 0 Å². The van der Waals surface area contributed by atoms with Crippen LogP contribution in [0.1, 0.15) is 67.4 Å². The van der Waals surface area contributed by atoms with Gasteiger partial charge in [0.2, 0.25) is 5.91 Å². The summed E-state index contributed by atoms with van der Waals surface area (Å²) in [5.41, 5.74) is 4.52. The molecule has 0 aromatic heterocycles. The molecule has 3 aromatic rings. The van der Waals surface area contributed by atoms with E-state index in [4.69, 9.17) is 14.2 Å². The van der Waals surface area contributed by atoms with E-state index in [-0.39, 0.29) is 31.1 Å². The van der Waals surface area contributed by atoms with Crippen molar-refractivity contribution in [1.82, 2.24) is 5.32 Å². The molecule has 0 bridgehead atoms. The van der Waals surface area contributed by atoms with E-state index in [2.05, 4.69) is 22.8 Å². The van der Waals surface area contributed by atoms with Crippen LogP contribution in [0.3, 0.4) is 0 Å². The molecule has 2 N–H and O–H groups in total. The number of nitrogens with one attached hydrogen (secondary N) is 2. The smallest absolute Gasteiger partial charge is 0.407 e. The van der Waals surface area contributed by atoms with Crippen LogP contribution in [0.15, 0.2) is 72.8 Å². The minimum atomic E-state index is -0.738. The first-order chi connectivity index (χ1) is 20.6. The maximum absolute atomic E-state index is 13.4. The van der Waals surface area contributed by atoms with Gasteiger partial charge in [-0.3, -0.25) is 9.59 Å². The monoisotopic (exact) mass is 586 g/mol. The summed E-state index contributed by atoms with van der Waals surface area (Å²) in [6, 6.07) is 22.5. The van der Waals surface area contributed by atoms with Crippen molar-refractivity contribution < 1.29 is 33.4 Å². The highest BCUT2D eigenvalue weighted by molar-refractivity contribution is 5.96.